The summed E-state index contributed by atoms with van der Waals surface area (Å²) >= 11 is 3.59. The van der Waals surface area contributed by atoms with Crippen LogP contribution in [0.3, 0.4) is 0 Å². The van der Waals surface area contributed by atoms with Crippen LogP contribution in [-0.2, 0) is 13.0 Å². The average Bonchev–Trinajstić information content (AvgIpc) is 2.47. The third-order valence-electron chi connectivity index (χ3n) is 3.61. The number of fused-ring (bicyclic) bond motifs is 1. The molecular formula is C15H14BrN3O. The van der Waals surface area contributed by atoms with E-state index in [1.54, 1.807) is 6.20 Å². The van der Waals surface area contributed by atoms with Gasteiger partial charge in [-0.15, -0.1) is 0 Å². The number of pyridine rings is 1. The van der Waals surface area contributed by atoms with Crippen molar-refractivity contribution in [3.8, 4) is 0 Å². The second-order valence-electron chi connectivity index (χ2n) is 4.81. The van der Waals surface area contributed by atoms with E-state index in [-0.39, 0.29) is 0 Å². The van der Waals surface area contributed by atoms with E-state index in [0.29, 0.717) is 5.56 Å². The molecule has 0 saturated heterocycles. The predicted octanol–water partition coefficient (Wildman–Crippen LogP) is 2.51. The van der Waals surface area contributed by atoms with Crippen molar-refractivity contribution in [3.05, 3.63) is 57.8 Å². The van der Waals surface area contributed by atoms with E-state index >= 15 is 0 Å². The molecule has 0 radical (unpaired) electrons. The van der Waals surface area contributed by atoms with Crippen molar-refractivity contribution in [1.82, 2.24) is 4.98 Å². The summed E-state index contributed by atoms with van der Waals surface area (Å²) in [5, 5.41) is 0. The van der Waals surface area contributed by atoms with Gasteiger partial charge in [0.05, 0.1) is 11.3 Å². The molecule has 102 valence electrons. The first kappa shape index (κ1) is 13.1. The van der Waals surface area contributed by atoms with Crippen LogP contribution < -0.4 is 10.6 Å². The number of hydrogen-bond acceptors (Lipinski definition) is 3. The Bertz CT molecular complexity index is 672. The summed E-state index contributed by atoms with van der Waals surface area (Å²) in [6.07, 6.45) is 4.17. The van der Waals surface area contributed by atoms with Crippen LogP contribution >= 0.6 is 15.9 Å². The molecule has 2 heterocycles. The van der Waals surface area contributed by atoms with Crippen molar-refractivity contribution >= 4 is 27.5 Å². The topological polar surface area (TPSA) is 59.2 Å². The molecule has 1 amide bonds. The number of amides is 1. The monoisotopic (exact) mass is 331 g/mol. The van der Waals surface area contributed by atoms with E-state index in [1.807, 2.05) is 12.1 Å². The lowest BCUT2D eigenvalue weighted by Crippen LogP contribution is -2.32. The largest absolute Gasteiger partial charge is 0.366 e. The van der Waals surface area contributed by atoms with Gasteiger partial charge in [-0.25, -0.2) is 0 Å². The summed E-state index contributed by atoms with van der Waals surface area (Å²) < 4.78 is 1.15. The smallest absolute Gasteiger partial charge is 0.252 e. The van der Waals surface area contributed by atoms with Gasteiger partial charge in [0.1, 0.15) is 0 Å². The molecule has 0 aliphatic carbocycles. The van der Waals surface area contributed by atoms with Gasteiger partial charge < -0.3 is 10.6 Å². The van der Waals surface area contributed by atoms with E-state index in [0.717, 1.165) is 29.7 Å². The molecule has 0 spiro atoms. The van der Waals surface area contributed by atoms with Crippen LogP contribution in [-0.4, -0.2) is 17.4 Å². The minimum Gasteiger partial charge on any atom is -0.366 e. The number of carbonyl (C=O) groups excluding carboxylic acids is 1. The van der Waals surface area contributed by atoms with Gasteiger partial charge in [0.15, 0.2) is 0 Å². The zero-order chi connectivity index (χ0) is 14.1. The average molecular weight is 332 g/mol. The fourth-order valence-electron chi connectivity index (χ4n) is 2.62. The summed E-state index contributed by atoms with van der Waals surface area (Å²) in [5.41, 5.74) is 9.39. The SMILES string of the molecule is NC(=O)c1cnccc1N1CCc2c(Br)cccc2C1. The van der Waals surface area contributed by atoms with Gasteiger partial charge in [-0.2, -0.15) is 0 Å². The molecule has 0 atom stereocenters. The van der Waals surface area contributed by atoms with E-state index in [9.17, 15) is 4.79 Å². The molecule has 1 aliphatic rings. The lowest BCUT2D eigenvalue weighted by molar-refractivity contribution is 0.100. The number of halogens is 1. The van der Waals surface area contributed by atoms with Crippen molar-refractivity contribution < 1.29 is 4.79 Å². The zero-order valence-electron chi connectivity index (χ0n) is 10.8. The maximum Gasteiger partial charge on any atom is 0.252 e. The number of aromatic nitrogens is 1. The fourth-order valence-corrected chi connectivity index (χ4v) is 3.23. The molecule has 2 N–H and O–H groups in total. The number of primary amides is 1. The molecule has 1 aromatic carbocycles. The second kappa shape index (κ2) is 5.25. The van der Waals surface area contributed by atoms with Crippen LogP contribution in [0.25, 0.3) is 0 Å². The number of rotatable bonds is 2. The van der Waals surface area contributed by atoms with Gasteiger partial charge in [0, 0.05) is 30.0 Å². The number of hydrogen-bond donors (Lipinski definition) is 1. The Morgan fingerprint density at radius 2 is 2.20 bits per heavy atom. The lowest BCUT2D eigenvalue weighted by atomic mass is 9.99. The van der Waals surface area contributed by atoms with E-state index < -0.39 is 5.91 Å². The van der Waals surface area contributed by atoms with Gasteiger partial charge in [0.2, 0.25) is 0 Å². The van der Waals surface area contributed by atoms with E-state index in [1.165, 1.54) is 17.3 Å². The van der Waals surface area contributed by atoms with Gasteiger partial charge in [-0.3, -0.25) is 9.78 Å². The van der Waals surface area contributed by atoms with Crippen molar-refractivity contribution in [3.63, 3.8) is 0 Å². The molecular weight excluding hydrogens is 318 g/mol. The van der Waals surface area contributed by atoms with Crippen LogP contribution in [0.5, 0.6) is 0 Å². The highest BCUT2D eigenvalue weighted by molar-refractivity contribution is 9.10. The molecule has 1 aromatic heterocycles. The standard InChI is InChI=1S/C15H14BrN3O/c16-13-3-1-2-10-9-19(7-5-11(10)13)14-4-6-18-8-12(14)15(17)20/h1-4,6,8H,5,7,9H2,(H2,17,20). The molecule has 20 heavy (non-hydrogen) atoms. The van der Waals surface area contributed by atoms with E-state index in [2.05, 4.69) is 37.9 Å². The van der Waals surface area contributed by atoms with Crippen LogP contribution in [0.4, 0.5) is 5.69 Å². The molecule has 5 heteroatoms. The number of anilines is 1. The summed E-state index contributed by atoms with van der Waals surface area (Å²) in [4.78, 5) is 17.7. The summed E-state index contributed by atoms with van der Waals surface area (Å²) in [6.45, 7) is 1.64. The quantitative estimate of drug-likeness (QED) is 0.919. The highest BCUT2D eigenvalue weighted by Crippen LogP contribution is 2.30. The fraction of sp³-hybridized carbons (Fsp3) is 0.200. The van der Waals surface area contributed by atoms with Crippen molar-refractivity contribution in [2.24, 2.45) is 5.73 Å². The van der Waals surface area contributed by atoms with Gasteiger partial charge in [0.25, 0.3) is 5.91 Å². The third-order valence-corrected chi connectivity index (χ3v) is 4.36. The Hall–Kier alpha value is -1.88. The molecule has 0 unspecified atom stereocenters. The Morgan fingerprint density at radius 1 is 1.35 bits per heavy atom. The molecule has 1 aliphatic heterocycles. The molecule has 4 nitrogen and oxygen atoms in total. The van der Waals surface area contributed by atoms with Crippen molar-refractivity contribution in [1.29, 1.82) is 0 Å². The maximum absolute atomic E-state index is 11.5. The Morgan fingerprint density at radius 3 is 3.00 bits per heavy atom. The second-order valence-corrected chi connectivity index (χ2v) is 5.66. The molecule has 2 aromatic rings. The minimum absolute atomic E-state index is 0.437. The highest BCUT2D eigenvalue weighted by Gasteiger charge is 2.21. The number of carbonyl (C=O) groups is 1. The normalized spacial score (nSPS) is 13.9. The number of nitrogens with zero attached hydrogens (tertiary/aromatic N) is 2. The highest BCUT2D eigenvalue weighted by atomic mass is 79.9. The summed E-state index contributed by atoms with van der Waals surface area (Å²) in [7, 11) is 0. The Balaban J connectivity index is 1.97. The molecule has 0 fully saturated rings. The molecule has 3 rings (SSSR count). The third kappa shape index (κ3) is 2.29. The summed E-state index contributed by atoms with van der Waals surface area (Å²) in [5.74, 6) is -0.437. The van der Waals surface area contributed by atoms with Crippen LogP contribution in [0, 0.1) is 0 Å². The number of benzene rings is 1. The first-order valence-corrected chi connectivity index (χ1v) is 7.21. The summed E-state index contributed by atoms with van der Waals surface area (Å²) in [6, 6.07) is 8.07. The van der Waals surface area contributed by atoms with Gasteiger partial charge >= 0.3 is 0 Å². The Labute approximate surface area is 125 Å². The van der Waals surface area contributed by atoms with Crippen molar-refractivity contribution in [2.45, 2.75) is 13.0 Å². The molecule has 0 bridgehead atoms. The predicted molar refractivity (Wildman–Crippen MR) is 81.7 cm³/mol. The number of nitrogens with two attached hydrogens (primary N) is 1. The first-order valence-electron chi connectivity index (χ1n) is 6.42. The lowest BCUT2D eigenvalue weighted by Gasteiger charge is -2.32. The van der Waals surface area contributed by atoms with Crippen LogP contribution in [0.15, 0.2) is 41.1 Å². The maximum atomic E-state index is 11.5. The first-order chi connectivity index (χ1) is 9.66. The zero-order valence-corrected chi connectivity index (χ0v) is 12.4. The minimum atomic E-state index is -0.437. The van der Waals surface area contributed by atoms with Crippen LogP contribution in [0.2, 0.25) is 0 Å². The molecule has 0 saturated carbocycles. The van der Waals surface area contributed by atoms with E-state index in [4.69, 9.17) is 5.73 Å². The van der Waals surface area contributed by atoms with Crippen molar-refractivity contribution in [2.75, 3.05) is 11.4 Å². The Kier molecular flexibility index (Phi) is 3.44. The van der Waals surface area contributed by atoms with Gasteiger partial charge in [-0.05, 0) is 29.7 Å². The van der Waals surface area contributed by atoms with Gasteiger partial charge in [-0.1, -0.05) is 28.1 Å². The van der Waals surface area contributed by atoms with Crippen LogP contribution in [0.1, 0.15) is 21.5 Å².